The van der Waals surface area contributed by atoms with E-state index < -0.39 is 0 Å². The topological polar surface area (TPSA) is 45.9 Å². The van der Waals surface area contributed by atoms with Gasteiger partial charge in [-0.1, -0.05) is 35.3 Å². The zero-order chi connectivity index (χ0) is 17.8. The van der Waals surface area contributed by atoms with Gasteiger partial charge in [-0.15, -0.1) is 11.3 Å². The van der Waals surface area contributed by atoms with Gasteiger partial charge in [0, 0.05) is 21.0 Å². The Labute approximate surface area is 159 Å². The van der Waals surface area contributed by atoms with E-state index in [1.165, 1.54) is 11.3 Å². The minimum Gasteiger partial charge on any atom is -0.496 e. The van der Waals surface area contributed by atoms with E-state index >= 15 is 0 Å². The number of rotatable bonds is 4. The van der Waals surface area contributed by atoms with Crippen LogP contribution in [0.5, 0.6) is 5.75 Å². The number of aromatic nitrogens is 1. The van der Waals surface area contributed by atoms with Crippen molar-refractivity contribution in [2.75, 3.05) is 7.11 Å². The van der Waals surface area contributed by atoms with Crippen molar-refractivity contribution in [2.24, 2.45) is 0 Å². The predicted octanol–water partition coefficient (Wildman–Crippen LogP) is 6.19. The summed E-state index contributed by atoms with van der Waals surface area (Å²) in [7, 11) is 1.60. The van der Waals surface area contributed by atoms with Crippen molar-refractivity contribution in [1.29, 1.82) is 5.26 Å². The van der Waals surface area contributed by atoms with Crippen LogP contribution in [0.25, 0.3) is 22.9 Å². The number of thiazole rings is 1. The van der Waals surface area contributed by atoms with E-state index in [2.05, 4.69) is 11.1 Å². The summed E-state index contributed by atoms with van der Waals surface area (Å²) >= 11 is 13.4. The molecule has 0 aliphatic heterocycles. The van der Waals surface area contributed by atoms with Crippen molar-refractivity contribution in [3.05, 3.63) is 68.5 Å². The number of hydrogen-bond acceptors (Lipinski definition) is 4. The fourth-order valence-electron chi connectivity index (χ4n) is 2.27. The molecule has 0 bridgehead atoms. The van der Waals surface area contributed by atoms with Gasteiger partial charge in [-0.05, 0) is 42.0 Å². The normalized spacial score (nSPS) is 11.2. The Morgan fingerprint density at radius 2 is 1.88 bits per heavy atom. The van der Waals surface area contributed by atoms with Gasteiger partial charge in [0.2, 0.25) is 0 Å². The van der Waals surface area contributed by atoms with Gasteiger partial charge in [0.15, 0.2) is 0 Å². The first-order valence-corrected chi connectivity index (χ1v) is 8.91. The van der Waals surface area contributed by atoms with Crippen LogP contribution in [0, 0.1) is 11.3 Å². The summed E-state index contributed by atoms with van der Waals surface area (Å²) in [5.74, 6) is 0.682. The maximum atomic E-state index is 9.50. The van der Waals surface area contributed by atoms with Crippen LogP contribution >= 0.6 is 34.5 Å². The number of methoxy groups -OCH3 is 1. The first kappa shape index (κ1) is 17.5. The molecular weight excluding hydrogens is 375 g/mol. The summed E-state index contributed by atoms with van der Waals surface area (Å²) in [6, 6.07) is 14.8. The second kappa shape index (κ2) is 7.71. The molecule has 0 N–H and O–H groups in total. The lowest BCUT2D eigenvalue weighted by molar-refractivity contribution is 0.416. The molecule has 0 aliphatic carbocycles. The number of nitrogens with zero attached hydrogens (tertiary/aromatic N) is 2. The van der Waals surface area contributed by atoms with Gasteiger partial charge in [0.05, 0.1) is 18.4 Å². The third-order valence-corrected chi connectivity index (χ3v) is 4.84. The number of ether oxygens (including phenoxy) is 1. The highest BCUT2D eigenvalue weighted by Crippen LogP contribution is 2.34. The average molecular weight is 387 g/mol. The van der Waals surface area contributed by atoms with Gasteiger partial charge in [-0.3, -0.25) is 0 Å². The van der Waals surface area contributed by atoms with Gasteiger partial charge in [-0.2, -0.15) is 5.26 Å². The first-order chi connectivity index (χ1) is 12.1. The third-order valence-electron chi connectivity index (χ3n) is 3.47. The largest absolute Gasteiger partial charge is 0.496 e. The Morgan fingerprint density at radius 1 is 1.16 bits per heavy atom. The summed E-state index contributed by atoms with van der Waals surface area (Å²) in [6.45, 7) is 0. The van der Waals surface area contributed by atoms with Gasteiger partial charge in [0.25, 0.3) is 0 Å². The van der Waals surface area contributed by atoms with Gasteiger partial charge in [-0.25, -0.2) is 4.98 Å². The van der Waals surface area contributed by atoms with Crippen LogP contribution in [0.2, 0.25) is 10.0 Å². The van der Waals surface area contributed by atoms with Crippen LogP contribution in [0.4, 0.5) is 0 Å². The first-order valence-electron chi connectivity index (χ1n) is 7.28. The highest BCUT2D eigenvalue weighted by Gasteiger charge is 2.13. The lowest BCUT2D eigenvalue weighted by Crippen LogP contribution is -1.89. The van der Waals surface area contributed by atoms with E-state index in [9.17, 15) is 5.26 Å². The molecule has 0 amide bonds. The lowest BCUT2D eigenvalue weighted by Gasteiger charge is -2.06. The number of benzene rings is 2. The van der Waals surface area contributed by atoms with Crippen molar-refractivity contribution in [3.8, 4) is 23.1 Å². The van der Waals surface area contributed by atoms with Crippen molar-refractivity contribution >= 4 is 46.2 Å². The standard InChI is InChI=1S/C19H12Cl2N2OS/c1-24-18-7-6-15(21)9-16(18)17-11-25-19(23-17)13(10-22)8-12-2-4-14(20)5-3-12/h2-9,11H,1H3. The monoisotopic (exact) mass is 386 g/mol. The lowest BCUT2D eigenvalue weighted by atomic mass is 10.1. The van der Waals surface area contributed by atoms with Gasteiger partial charge < -0.3 is 4.74 Å². The molecule has 3 rings (SSSR count). The van der Waals surface area contributed by atoms with Crippen LogP contribution in [-0.2, 0) is 0 Å². The summed E-state index contributed by atoms with van der Waals surface area (Å²) in [5.41, 5.74) is 2.88. The molecule has 0 fully saturated rings. The van der Waals surface area contributed by atoms with Gasteiger partial charge >= 0.3 is 0 Å². The number of halogens is 2. The second-order valence-corrected chi connectivity index (χ2v) is 6.83. The molecule has 1 heterocycles. The second-order valence-electron chi connectivity index (χ2n) is 5.10. The molecular formula is C19H12Cl2N2OS. The Hall–Kier alpha value is -2.32. The summed E-state index contributed by atoms with van der Waals surface area (Å²) in [4.78, 5) is 4.58. The Bertz CT molecular complexity index is 972. The zero-order valence-electron chi connectivity index (χ0n) is 13.2. The smallest absolute Gasteiger partial charge is 0.134 e. The molecule has 124 valence electrons. The molecule has 0 unspecified atom stereocenters. The fraction of sp³-hybridized carbons (Fsp3) is 0.0526. The Balaban J connectivity index is 1.99. The quantitative estimate of drug-likeness (QED) is 0.502. The Morgan fingerprint density at radius 3 is 2.56 bits per heavy atom. The van der Waals surface area contributed by atoms with Crippen LogP contribution in [0.3, 0.4) is 0 Å². The van der Waals surface area contributed by atoms with E-state index in [1.807, 2.05) is 17.5 Å². The van der Waals surface area contributed by atoms with E-state index in [-0.39, 0.29) is 0 Å². The van der Waals surface area contributed by atoms with E-state index in [0.29, 0.717) is 26.4 Å². The molecule has 3 nitrogen and oxygen atoms in total. The van der Waals surface area contributed by atoms with E-state index in [0.717, 1.165) is 16.8 Å². The molecule has 1 aromatic heterocycles. The summed E-state index contributed by atoms with van der Waals surface area (Å²) < 4.78 is 5.37. The molecule has 2 aromatic carbocycles. The molecule has 0 radical (unpaired) electrons. The van der Waals surface area contributed by atoms with Crippen LogP contribution < -0.4 is 4.74 Å². The van der Waals surface area contributed by atoms with Crippen LogP contribution in [-0.4, -0.2) is 12.1 Å². The minimum atomic E-state index is 0.486. The van der Waals surface area contributed by atoms with Crippen molar-refractivity contribution < 1.29 is 4.74 Å². The molecule has 0 aliphatic rings. The van der Waals surface area contributed by atoms with Gasteiger partial charge in [0.1, 0.15) is 16.8 Å². The fourth-order valence-corrected chi connectivity index (χ4v) is 3.35. The van der Waals surface area contributed by atoms with E-state index in [1.54, 1.807) is 43.5 Å². The van der Waals surface area contributed by atoms with Crippen molar-refractivity contribution in [1.82, 2.24) is 4.98 Å². The van der Waals surface area contributed by atoms with Crippen molar-refractivity contribution in [3.63, 3.8) is 0 Å². The maximum Gasteiger partial charge on any atom is 0.134 e. The summed E-state index contributed by atoms with van der Waals surface area (Å²) in [5, 5.41) is 13.3. The highest BCUT2D eigenvalue weighted by molar-refractivity contribution is 7.11. The number of allylic oxidation sites excluding steroid dienone is 1. The SMILES string of the molecule is COc1ccc(Cl)cc1-c1csc(C(C#N)=Cc2ccc(Cl)cc2)n1. The van der Waals surface area contributed by atoms with Crippen LogP contribution in [0.1, 0.15) is 10.6 Å². The molecule has 0 saturated heterocycles. The average Bonchev–Trinajstić information content (AvgIpc) is 3.11. The van der Waals surface area contributed by atoms with Crippen molar-refractivity contribution in [2.45, 2.75) is 0 Å². The zero-order valence-corrected chi connectivity index (χ0v) is 15.5. The Kier molecular flexibility index (Phi) is 5.40. The molecule has 0 spiro atoms. The highest BCUT2D eigenvalue weighted by atomic mass is 35.5. The van der Waals surface area contributed by atoms with E-state index in [4.69, 9.17) is 27.9 Å². The van der Waals surface area contributed by atoms with Crippen LogP contribution in [0.15, 0.2) is 47.8 Å². The minimum absolute atomic E-state index is 0.486. The molecule has 0 saturated carbocycles. The molecule has 25 heavy (non-hydrogen) atoms. The third kappa shape index (κ3) is 4.02. The molecule has 3 aromatic rings. The predicted molar refractivity (Wildman–Crippen MR) is 104 cm³/mol. The number of nitriles is 1. The number of hydrogen-bond donors (Lipinski definition) is 0. The molecule has 0 atom stereocenters. The molecule has 6 heteroatoms. The summed E-state index contributed by atoms with van der Waals surface area (Å²) in [6.07, 6.45) is 1.79. The maximum absolute atomic E-state index is 9.50.